The Balaban J connectivity index is 1.77. The molecular formula is C17H16ClN3O3S. The number of furan rings is 1. The van der Waals surface area contributed by atoms with Gasteiger partial charge < -0.3 is 13.7 Å². The number of halogens is 1. The van der Waals surface area contributed by atoms with E-state index in [1.54, 1.807) is 12.1 Å². The van der Waals surface area contributed by atoms with Crippen molar-refractivity contribution in [2.75, 3.05) is 7.11 Å². The van der Waals surface area contributed by atoms with E-state index >= 15 is 0 Å². The number of hydrogen-bond donors (Lipinski definition) is 0. The number of rotatable bonds is 6. The van der Waals surface area contributed by atoms with Crippen molar-refractivity contribution in [2.45, 2.75) is 24.4 Å². The average Bonchev–Trinajstić information content (AvgIpc) is 3.25. The summed E-state index contributed by atoms with van der Waals surface area (Å²) in [7, 11) is 1.32. The molecule has 0 saturated carbocycles. The summed E-state index contributed by atoms with van der Waals surface area (Å²) in [5.74, 6) is 1.67. The van der Waals surface area contributed by atoms with Crippen LogP contribution in [0.3, 0.4) is 0 Å². The van der Waals surface area contributed by atoms with Crippen molar-refractivity contribution in [1.82, 2.24) is 14.8 Å². The van der Waals surface area contributed by atoms with Gasteiger partial charge in [0, 0.05) is 17.1 Å². The van der Waals surface area contributed by atoms with Crippen molar-refractivity contribution in [3.63, 3.8) is 0 Å². The molecule has 3 aromatic rings. The highest BCUT2D eigenvalue weighted by Gasteiger charge is 2.15. The topological polar surface area (TPSA) is 70.2 Å². The number of methoxy groups -OCH3 is 1. The minimum absolute atomic E-state index is 0.190. The van der Waals surface area contributed by atoms with E-state index in [-0.39, 0.29) is 5.76 Å². The largest absolute Gasteiger partial charge is 0.463 e. The molecule has 8 heteroatoms. The third-order valence-electron chi connectivity index (χ3n) is 3.51. The SMILES string of the molecule is CCn1c(SCc2ccc(C(=O)OC)o2)nnc1-c1cccc(Cl)c1. The van der Waals surface area contributed by atoms with Crippen LogP contribution in [0.4, 0.5) is 0 Å². The van der Waals surface area contributed by atoms with Crippen molar-refractivity contribution >= 4 is 29.3 Å². The molecule has 3 rings (SSSR count). The van der Waals surface area contributed by atoms with Gasteiger partial charge in [0.2, 0.25) is 5.76 Å². The maximum Gasteiger partial charge on any atom is 0.373 e. The van der Waals surface area contributed by atoms with Gasteiger partial charge in [-0.1, -0.05) is 35.5 Å². The zero-order valence-electron chi connectivity index (χ0n) is 13.7. The fourth-order valence-electron chi connectivity index (χ4n) is 2.32. The maximum absolute atomic E-state index is 11.4. The molecule has 0 atom stereocenters. The van der Waals surface area contributed by atoms with Crippen molar-refractivity contribution in [3.8, 4) is 11.4 Å². The predicted octanol–water partition coefficient (Wildman–Crippen LogP) is 4.29. The van der Waals surface area contributed by atoms with Crippen LogP contribution in [0.1, 0.15) is 23.2 Å². The molecule has 1 aromatic carbocycles. The first-order chi connectivity index (χ1) is 12.1. The average molecular weight is 378 g/mol. The third kappa shape index (κ3) is 3.88. The number of carbonyl (C=O) groups is 1. The molecule has 0 aliphatic heterocycles. The van der Waals surface area contributed by atoms with Crippen LogP contribution in [0.5, 0.6) is 0 Å². The Hall–Kier alpha value is -2.25. The molecule has 0 bridgehead atoms. The molecule has 0 N–H and O–H groups in total. The van der Waals surface area contributed by atoms with Gasteiger partial charge in [0.05, 0.1) is 12.9 Å². The molecule has 2 heterocycles. The highest BCUT2D eigenvalue weighted by atomic mass is 35.5. The summed E-state index contributed by atoms with van der Waals surface area (Å²) in [5, 5.41) is 9.98. The summed E-state index contributed by atoms with van der Waals surface area (Å²) in [4.78, 5) is 11.4. The molecule has 0 unspecified atom stereocenters. The molecule has 0 aliphatic rings. The summed E-state index contributed by atoms with van der Waals surface area (Å²) in [5.41, 5.74) is 0.916. The Kier molecular flexibility index (Phi) is 5.45. The second-order valence-electron chi connectivity index (χ2n) is 5.11. The lowest BCUT2D eigenvalue weighted by molar-refractivity contribution is 0.0563. The van der Waals surface area contributed by atoms with Gasteiger partial charge in [-0.25, -0.2) is 4.79 Å². The first-order valence-electron chi connectivity index (χ1n) is 7.61. The van der Waals surface area contributed by atoms with Gasteiger partial charge in [-0.05, 0) is 31.2 Å². The highest BCUT2D eigenvalue weighted by Crippen LogP contribution is 2.28. The standard InChI is InChI=1S/C17H16ClN3O3S/c1-3-21-15(11-5-4-6-12(18)9-11)19-20-17(21)25-10-13-7-8-14(24-13)16(22)23-2/h4-9H,3,10H2,1-2H3. The van der Waals surface area contributed by atoms with Crippen molar-refractivity contribution in [1.29, 1.82) is 0 Å². The summed E-state index contributed by atoms with van der Waals surface area (Å²) in [6.07, 6.45) is 0. The zero-order valence-corrected chi connectivity index (χ0v) is 15.3. The van der Waals surface area contributed by atoms with Crippen molar-refractivity contribution in [2.24, 2.45) is 0 Å². The van der Waals surface area contributed by atoms with Crippen molar-refractivity contribution < 1.29 is 13.9 Å². The Bertz CT molecular complexity index is 891. The minimum atomic E-state index is -0.490. The number of carbonyl (C=O) groups excluding carboxylic acids is 1. The van der Waals surface area contributed by atoms with Gasteiger partial charge in [0.25, 0.3) is 0 Å². The van der Waals surface area contributed by atoms with Crippen LogP contribution < -0.4 is 0 Å². The van der Waals surface area contributed by atoms with Crippen LogP contribution in [-0.4, -0.2) is 27.8 Å². The Labute approximate surface area is 154 Å². The van der Waals surface area contributed by atoms with Gasteiger partial charge in [-0.2, -0.15) is 0 Å². The number of thioether (sulfide) groups is 1. The van der Waals surface area contributed by atoms with Crippen LogP contribution in [0.2, 0.25) is 5.02 Å². The van der Waals surface area contributed by atoms with Gasteiger partial charge >= 0.3 is 5.97 Å². The Morgan fingerprint density at radius 3 is 2.88 bits per heavy atom. The smallest absolute Gasteiger partial charge is 0.373 e. The molecule has 0 saturated heterocycles. The van der Waals surface area contributed by atoms with Gasteiger partial charge in [0.15, 0.2) is 11.0 Å². The Morgan fingerprint density at radius 1 is 1.32 bits per heavy atom. The first kappa shape index (κ1) is 17.6. The van der Waals surface area contributed by atoms with Crippen LogP contribution >= 0.6 is 23.4 Å². The van der Waals surface area contributed by atoms with Crippen LogP contribution in [0, 0.1) is 0 Å². The molecule has 0 spiro atoms. The number of benzene rings is 1. The molecule has 25 heavy (non-hydrogen) atoms. The lowest BCUT2D eigenvalue weighted by Crippen LogP contribution is -2.00. The van der Waals surface area contributed by atoms with Gasteiger partial charge in [0.1, 0.15) is 5.76 Å². The third-order valence-corrected chi connectivity index (χ3v) is 4.73. The second-order valence-corrected chi connectivity index (χ2v) is 6.49. The van der Waals surface area contributed by atoms with E-state index in [1.165, 1.54) is 18.9 Å². The molecule has 6 nitrogen and oxygen atoms in total. The summed E-state index contributed by atoms with van der Waals surface area (Å²) in [6.45, 7) is 2.76. The van der Waals surface area contributed by atoms with E-state index in [0.29, 0.717) is 16.5 Å². The van der Waals surface area contributed by atoms with E-state index in [0.717, 1.165) is 23.1 Å². The predicted molar refractivity (Wildman–Crippen MR) is 95.8 cm³/mol. The van der Waals surface area contributed by atoms with E-state index in [4.69, 9.17) is 16.0 Å². The molecule has 130 valence electrons. The fourth-order valence-corrected chi connectivity index (χ4v) is 3.41. The number of esters is 1. The zero-order chi connectivity index (χ0) is 17.8. The summed E-state index contributed by atoms with van der Waals surface area (Å²) >= 11 is 7.55. The van der Waals surface area contributed by atoms with E-state index in [2.05, 4.69) is 14.9 Å². The number of nitrogens with zero attached hydrogens (tertiary/aromatic N) is 3. The number of ether oxygens (including phenoxy) is 1. The lowest BCUT2D eigenvalue weighted by Gasteiger charge is -2.07. The van der Waals surface area contributed by atoms with Gasteiger partial charge in [-0.15, -0.1) is 10.2 Å². The number of hydrogen-bond acceptors (Lipinski definition) is 6. The highest BCUT2D eigenvalue weighted by molar-refractivity contribution is 7.98. The molecule has 0 aliphatic carbocycles. The maximum atomic E-state index is 11.4. The van der Waals surface area contributed by atoms with Crippen LogP contribution in [-0.2, 0) is 17.0 Å². The second kappa shape index (κ2) is 7.76. The first-order valence-corrected chi connectivity index (χ1v) is 8.97. The molecule has 0 radical (unpaired) electrons. The quantitative estimate of drug-likeness (QED) is 0.471. The minimum Gasteiger partial charge on any atom is -0.463 e. The molecule has 2 aromatic heterocycles. The molecule has 0 fully saturated rings. The summed E-state index contributed by atoms with van der Waals surface area (Å²) in [6, 6.07) is 10.9. The molecular weight excluding hydrogens is 362 g/mol. The van der Waals surface area contributed by atoms with Gasteiger partial charge in [-0.3, -0.25) is 0 Å². The van der Waals surface area contributed by atoms with Crippen molar-refractivity contribution in [3.05, 3.63) is 52.9 Å². The van der Waals surface area contributed by atoms with E-state index < -0.39 is 5.97 Å². The van der Waals surface area contributed by atoms with Crippen LogP contribution in [0.25, 0.3) is 11.4 Å². The normalized spacial score (nSPS) is 10.8. The van der Waals surface area contributed by atoms with Crippen LogP contribution in [0.15, 0.2) is 46.0 Å². The lowest BCUT2D eigenvalue weighted by atomic mass is 10.2. The fraction of sp³-hybridized carbons (Fsp3) is 0.235. The van der Waals surface area contributed by atoms with E-state index in [1.807, 2.05) is 35.8 Å². The summed E-state index contributed by atoms with van der Waals surface area (Å²) < 4.78 is 12.1. The number of aromatic nitrogens is 3. The van der Waals surface area contributed by atoms with E-state index in [9.17, 15) is 4.79 Å². The monoisotopic (exact) mass is 377 g/mol. The Morgan fingerprint density at radius 2 is 2.16 bits per heavy atom. The molecule has 0 amide bonds.